The molecule has 0 saturated carbocycles. The van der Waals surface area contributed by atoms with Gasteiger partial charge in [0.25, 0.3) is 11.8 Å². The zero-order valence-electron chi connectivity index (χ0n) is 11.1. The molecule has 0 unspecified atom stereocenters. The van der Waals surface area contributed by atoms with Crippen molar-refractivity contribution >= 4 is 5.91 Å². The standard InChI is InChI=1S/C14H13N5O2/c20-13(11-8-15-9-17-11)16-7-6-12-18-14(21-19-12)10-4-2-1-3-5-10/h1-5,8-9H,6-7H2,(H,15,17)(H,16,20). The maximum Gasteiger partial charge on any atom is 0.269 e. The molecular formula is C14H13N5O2. The molecule has 0 bridgehead atoms. The number of benzene rings is 1. The molecule has 2 N–H and O–H groups in total. The Morgan fingerprint density at radius 2 is 2.14 bits per heavy atom. The highest BCUT2D eigenvalue weighted by Crippen LogP contribution is 2.15. The van der Waals surface area contributed by atoms with Gasteiger partial charge in [-0.3, -0.25) is 4.79 Å². The van der Waals surface area contributed by atoms with E-state index >= 15 is 0 Å². The molecule has 1 aromatic carbocycles. The Morgan fingerprint density at radius 3 is 2.90 bits per heavy atom. The average Bonchev–Trinajstić information content (AvgIpc) is 3.20. The van der Waals surface area contributed by atoms with Crippen molar-refractivity contribution in [3.8, 4) is 11.5 Å². The molecule has 0 aliphatic carbocycles. The first-order valence-corrected chi connectivity index (χ1v) is 6.47. The lowest BCUT2D eigenvalue weighted by atomic mass is 10.2. The lowest BCUT2D eigenvalue weighted by Crippen LogP contribution is -2.26. The molecule has 0 aliphatic rings. The maximum absolute atomic E-state index is 11.7. The van der Waals surface area contributed by atoms with Crippen LogP contribution in [0.25, 0.3) is 11.5 Å². The highest BCUT2D eigenvalue weighted by atomic mass is 16.5. The Balaban J connectivity index is 1.55. The van der Waals surface area contributed by atoms with Crippen molar-refractivity contribution in [1.82, 2.24) is 25.4 Å². The molecule has 3 rings (SSSR count). The molecule has 2 heterocycles. The lowest BCUT2D eigenvalue weighted by Gasteiger charge is -2.00. The smallest absolute Gasteiger partial charge is 0.269 e. The van der Waals surface area contributed by atoms with Crippen molar-refractivity contribution in [1.29, 1.82) is 0 Å². The van der Waals surface area contributed by atoms with Crippen molar-refractivity contribution in [2.45, 2.75) is 6.42 Å². The van der Waals surface area contributed by atoms with Gasteiger partial charge in [-0.15, -0.1) is 0 Å². The Labute approximate surface area is 120 Å². The molecule has 0 atom stereocenters. The van der Waals surface area contributed by atoms with Crippen LogP contribution in [0.4, 0.5) is 0 Å². The van der Waals surface area contributed by atoms with Gasteiger partial charge in [0.05, 0.1) is 12.5 Å². The van der Waals surface area contributed by atoms with Crippen LogP contribution < -0.4 is 5.32 Å². The van der Waals surface area contributed by atoms with Crippen molar-refractivity contribution in [3.63, 3.8) is 0 Å². The van der Waals surface area contributed by atoms with Gasteiger partial charge in [0.15, 0.2) is 5.82 Å². The number of hydrogen-bond acceptors (Lipinski definition) is 5. The summed E-state index contributed by atoms with van der Waals surface area (Å²) in [5.41, 5.74) is 1.30. The van der Waals surface area contributed by atoms with Gasteiger partial charge < -0.3 is 14.8 Å². The van der Waals surface area contributed by atoms with Gasteiger partial charge in [-0.05, 0) is 12.1 Å². The molecule has 0 saturated heterocycles. The number of nitrogens with zero attached hydrogens (tertiary/aromatic N) is 3. The van der Waals surface area contributed by atoms with Crippen LogP contribution in [0.5, 0.6) is 0 Å². The van der Waals surface area contributed by atoms with Gasteiger partial charge in [0.1, 0.15) is 5.69 Å². The van der Waals surface area contributed by atoms with Gasteiger partial charge in [-0.25, -0.2) is 4.98 Å². The molecule has 7 nitrogen and oxygen atoms in total. The molecule has 106 valence electrons. The van der Waals surface area contributed by atoms with E-state index < -0.39 is 0 Å². The van der Waals surface area contributed by atoms with Crippen LogP contribution in [0.3, 0.4) is 0 Å². The third kappa shape index (κ3) is 3.14. The second-order valence-corrected chi connectivity index (χ2v) is 4.35. The molecule has 0 aliphatic heterocycles. The number of aromatic amines is 1. The molecule has 1 amide bonds. The van der Waals surface area contributed by atoms with Crippen LogP contribution >= 0.6 is 0 Å². The predicted octanol–water partition coefficient (Wildman–Crippen LogP) is 1.43. The molecule has 0 fully saturated rings. The van der Waals surface area contributed by atoms with E-state index in [9.17, 15) is 4.79 Å². The van der Waals surface area contributed by atoms with Crippen molar-refractivity contribution in [3.05, 3.63) is 54.4 Å². The second kappa shape index (κ2) is 6.00. The summed E-state index contributed by atoms with van der Waals surface area (Å²) in [4.78, 5) is 22.5. The Morgan fingerprint density at radius 1 is 1.29 bits per heavy atom. The van der Waals surface area contributed by atoms with Crippen LogP contribution in [0.2, 0.25) is 0 Å². The quantitative estimate of drug-likeness (QED) is 0.738. The third-order valence-corrected chi connectivity index (χ3v) is 2.87. The van der Waals surface area contributed by atoms with Crippen LogP contribution in [0.1, 0.15) is 16.3 Å². The first-order valence-electron chi connectivity index (χ1n) is 6.47. The number of imidazole rings is 1. The van der Waals surface area contributed by atoms with E-state index in [1.165, 1.54) is 12.5 Å². The SMILES string of the molecule is O=C(NCCc1noc(-c2ccccc2)n1)c1cnc[nH]1. The van der Waals surface area contributed by atoms with Crippen molar-refractivity contribution in [2.75, 3.05) is 6.54 Å². The largest absolute Gasteiger partial charge is 0.350 e. The van der Waals surface area contributed by atoms with Gasteiger partial charge >= 0.3 is 0 Å². The van der Waals surface area contributed by atoms with Gasteiger partial charge in [0, 0.05) is 18.5 Å². The number of H-pyrrole nitrogens is 1. The van der Waals surface area contributed by atoms with E-state index in [2.05, 4.69) is 25.4 Å². The summed E-state index contributed by atoms with van der Waals surface area (Å²) in [6.45, 7) is 0.422. The summed E-state index contributed by atoms with van der Waals surface area (Å²) < 4.78 is 5.19. The molecule has 7 heteroatoms. The van der Waals surface area contributed by atoms with E-state index in [1.54, 1.807) is 0 Å². The number of hydrogen-bond donors (Lipinski definition) is 2. The molecule has 2 aromatic heterocycles. The summed E-state index contributed by atoms with van der Waals surface area (Å²) in [7, 11) is 0. The summed E-state index contributed by atoms with van der Waals surface area (Å²) >= 11 is 0. The van der Waals surface area contributed by atoms with E-state index in [1.807, 2.05) is 30.3 Å². The lowest BCUT2D eigenvalue weighted by molar-refractivity contribution is 0.0949. The fourth-order valence-electron chi connectivity index (χ4n) is 1.82. The minimum atomic E-state index is -0.209. The summed E-state index contributed by atoms with van der Waals surface area (Å²) in [5.74, 6) is 0.823. The minimum Gasteiger partial charge on any atom is -0.350 e. The number of rotatable bonds is 5. The van der Waals surface area contributed by atoms with Crippen LogP contribution in [0, 0.1) is 0 Å². The zero-order chi connectivity index (χ0) is 14.5. The van der Waals surface area contributed by atoms with E-state index in [-0.39, 0.29) is 5.91 Å². The van der Waals surface area contributed by atoms with Crippen LogP contribution in [-0.2, 0) is 6.42 Å². The Hall–Kier alpha value is -2.96. The number of aromatic nitrogens is 4. The molecule has 21 heavy (non-hydrogen) atoms. The van der Waals surface area contributed by atoms with Crippen molar-refractivity contribution < 1.29 is 9.32 Å². The zero-order valence-corrected chi connectivity index (χ0v) is 11.1. The Kier molecular flexibility index (Phi) is 3.72. The van der Waals surface area contributed by atoms with E-state index in [4.69, 9.17) is 4.52 Å². The van der Waals surface area contributed by atoms with E-state index in [0.717, 1.165) is 5.56 Å². The highest BCUT2D eigenvalue weighted by Gasteiger charge is 2.10. The number of nitrogens with one attached hydrogen (secondary N) is 2. The third-order valence-electron chi connectivity index (χ3n) is 2.87. The normalized spacial score (nSPS) is 10.5. The second-order valence-electron chi connectivity index (χ2n) is 4.35. The highest BCUT2D eigenvalue weighted by molar-refractivity contribution is 5.91. The average molecular weight is 283 g/mol. The first kappa shape index (κ1) is 13.0. The van der Waals surface area contributed by atoms with Crippen LogP contribution in [-0.4, -0.2) is 32.6 Å². The number of amides is 1. The summed E-state index contributed by atoms with van der Waals surface area (Å²) in [6, 6.07) is 9.54. The van der Waals surface area contributed by atoms with Crippen molar-refractivity contribution in [2.24, 2.45) is 0 Å². The number of carbonyl (C=O) groups is 1. The monoisotopic (exact) mass is 283 g/mol. The van der Waals surface area contributed by atoms with Gasteiger partial charge in [-0.2, -0.15) is 4.98 Å². The van der Waals surface area contributed by atoms with E-state index in [0.29, 0.717) is 30.4 Å². The molecular weight excluding hydrogens is 270 g/mol. The summed E-state index contributed by atoms with van der Waals surface area (Å²) in [6.07, 6.45) is 3.42. The number of carbonyl (C=O) groups excluding carboxylic acids is 1. The molecule has 0 spiro atoms. The minimum absolute atomic E-state index is 0.209. The summed E-state index contributed by atoms with van der Waals surface area (Å²) in [5, 5.41) is 6.65. The predicted molar refractivity (Wildman–Crippen MR) is 74.4 cm³/mol. The maximum atomic E-state index is 11.7. The topological polar surface area (TPSA) is 96.7 Å². The first-order chi connectivity index (χ1) is 10.3. The fraction of sp³-hybridized carbons (Fsp3) is 0.143. The molecule has 0 radical (unpaired) electrons. The van der Waals surface area contributed by atoms with Crippen LogP contribution in [0.15, 0.2) is 47.4 Å². The van der Waals surface area contributed by atoms with Gasteiger partial charge in [0.2, 0.25) is 0 Å². The molecule has 3 aromatic rings. The van der Waals surface area contributed by atoms with Gasteiger partial charge in [-0.1, -0.05) is 23.4 Å². The Bertz CT molecular complexity index is 706. The fourth-order valence-corrected chi connectivity index (χ4v) is 1.82.